The summed E-state index contributed by atoms with van der Waals surface area (Å²) in [5.41, 5.74) is 15.2. The normalized spacial score (nSPS) is 12.1. The summed E-state index contributed by atoms with van der Waals surface area (Å²) in [6.07, 6.45) is 0.825. The number of para-hydroxylation sites is 3. The van der Waals surface area contributed by atoms with Crippen molar-refractivity contribution in [2.24, 2.45) is 0 Å². The summed E-state index contributed by atoms with van der Waals surface area (Å²) < 4.78 is 4.93. The van der Waals surface area contributed by atoms with Crippen LogP contribution in [0.2, 0.25) is 0 Å². The van der Waals surface area contributed by atoms with Gasteiger partial charge in [-0.15, -0.1) is 0 Å². The summed E-state index contributed by atoms with van der Waals surface area (Å²) in [6.45, 7) is 0. The Hall–Kier alpha value is -7.63. The van der Waals surface area contributed by atoms with Crippen LogP contribution in [0.3, 0.4) is 0 Å². The molecule has 8 aromatic carbocycles. The molecule has 0 spiro atoms. The van der Waals surface area contributed by atoms with Gasteiger partial charge < -0.3 is 9.13 Å². The average Bonchev–Trinajstić information content (AvgIpc) is 3.94. The van der Waals surface area contributed by atoms with Gasteiger partial charge in [0.05, 0.1) is 22.1 Å². The lowest BCUT2D eigenvalue weighted by Crippen LogP contribution is -2.00. The topological polar surface area (TPSA) is 48.5 Å². The molecule has 3 aromatic heterocycles. The molecule has 1 aliphatic carbocycles. The highest BCUT2D eigenvalue weighted by Crippen LogP contribution is 2.44. The fraction of sp³-hybridized carbons (Fsp3) is 0.0192. The lowest BCUT2D eigenvalue weighted by Gasteiger charge is -2.13. The summed E-state index contributed by atoms with van der Waals surface area (Å²) in [5.74, 6) is 2.00. The molecule has 0 saturated carbocycles. The van der Waals surface area contributed by atoms with Crippen LogP contribution in [0.15, 0.2) is 188 Å². The number of fused-ring (bicyclic) bond motifs is 10. The quantitative estimate of drug-likeness (QED) is 0.177. The van der Waals surface area contributed by atoms with Crippen molar-refractivity contribution in [3.05, 3.63) is 199 Å². The van der Waals surface area contributed by atoms with Crippen molar-refractivity contribution in [2.75, 3.05) is 0 Å². The van der Waals surface area contributed by atoms with Crippen molar-refractivity contribution in [3.8, 4) is 56.7 Å². The van der Waals surface area contributed by atoms with Crippen LogP contribution in [-0.2, 0) is 6.42 Å². The van der Waals surface area contributed by atoms with E-state index in [1.54, 1.807) is 0 Å². The maximum atomic E-state index is 5.02. The molecule has 0 aliphatic heterocycles. The van der Waals surface area contributed by atoms with Crippen molar-refractivity contribution in [1.29, 1.82) is 0 Å². The zero-order valence-corrected chi connectivity index (χ0v) is 30.8. The van der Waals surface area contributed by atoms with Gasteiger partial charge in [-0.1, -0.05) is 146 Å². The SMILES string of the molecule is c1ccc(-c2nc(-c3ccccc3)nc(-c3ccc4c(c3)Cc3cc(-n5c6ccccc6c6ccc7c8ccccc8n(-c8ccccc8)c7c65)ccc3-4)n2)cc1. The molecule has 12 rings (SSSR count). The molecule has 0 saturated heterocycles. The van der Waals surface area contributed by atoms with Gasteiger partial charge in [0.2, 0.25) is 0 Å². The molecule has 0 amide bonds. The molecule has 0 unspecified atom stereocenters. The average molecular weight is 728 g/mol. The van der Waals surface area contributed by atoms with Gasteiger partial charge in [0.25, 0.3) is 0 Å². The summed E-state index contributed by atoms with van der Waals surface area (Å²) >= 11 is 0. The molecule has 1 aliphatic rings. The highest BCUT2D eigenvalue weighted by molar-refractivity contribution is 6.23. The van der Waals surface area contributed by atoms with Crippen LogP contribution < -0.4 is 0 Å². The van der Waals surface area contributed by atoms with Crippen LogP contribution in [-0.4, -0.2) is 24.1 Å². The molecule has 0 N–H and O–H groups in total. The molecular weight excluding hydrogens is 695 g/mol. The van der Waals surface area contributed by atoms with E-state index in [9.17, 15) is 0 Å². The van der Waals surface area contributed by atoms with Crippen LogP contribution in [0.1, 0.15) is 11.1 Å². The standard InChI is InChI=1S/C52H33N5/c1-4-14-33(15-5-1)50-53-51(34-16-6-2-7-17-34)55-52(54-50)35-24-26-40-36(30-35)31-37-32-39(25-27-41(37)40)57-47-23-13-11-21-43(47)45-29-28-44-42-20-10-12-22-46(42)56(48(44)49(45)57)38-18-8-3-9-19-38/h1-30,32H,31H2. The highest BCUT2D eigenvalue weighted by atomic mass is 15.0. The summed E-state index contributed by atoms with van der Waals surface area (Å²) in [6, 6.07) is 67.0. The summed E-state index contributed by atoms with van der Waals surface area (Å²) in [4.78, 5) is 15.0. The monoisotopic (exact) mass is 727 g/mol. The number of nitrogens with zero attached hydrogens (tertiary/aromatic N) is 5. The van der Waals surface area contributed by atoms with E-state index in [4.69, 9.17) is 15.0 Å². The minimum atomic E-state index is 0.666. The molecule has 5 heteroatoms. The smallest absolute Gasteiger partial charge is 0.164 e. The first-order valence-electron chi connectivity index (χ1n) is 19.4. The van der Waals surface area contributed by atoms with E-state index in [-0.39, 0.29) is 0 Å². The van der Waals surface area contributed by atoms with Gasteiger partial charge in [0.1, 0.15) is 0 Å². The maximum Gasteiger partial charge on any atom is 0.164 e. The first-order chi connectivity index (χ1) is 28.3. The highest BCUT2D eigenvalue weighted by Gasteiger charge is 2.24. The Bertz CT molecular complexity index is 3300. The van der Waals surface area contributed by atoms with Crippen LogP contribution in [0.5, 0.6) is 0 Å². The minimum Gasteiger partial charge on any atom is -0.307 e. The van der Waals surface area contributed by atoms with Crippen LogP contribution >= 0.6 is 0 Å². The van der Waals surface area contributed by atoms with Gasteiger partial charge in [-0.3, -0.25) is 0 Å². The molecule has 0 fully saturated rings. The Morgan fingerprint density at radius 1 is 0.333 bits per heavy atom. The molecule has 266 valence electrons. The fourth-order valence-corrected chi connectivity index (χ4v) is 9.03. The van der Waals surface area contributed by atoms with Gasteiger partial charge >= 0.3 is 0 Å². The number of hydrogen-bond acceptors (Lipinski definition) is 3. The van der Waals surface area contributed by atoms with Crippen molar-refractivity contribution in [3.63, 3.8) is 0 Å². The zero-order chi connectivity index (χ0) is 37.5. The third-order valence-electron chi connectivity index (χ3n) is 11.6. The van der Waals surface area contributed by atoms with Crippen LogP contribution in [0.4, 0.5) is 0 Å². The van der Waals surface area contributed by atoms with Crippen molar-refractivity contribution in [2.45, 2.75) is 6.42 Å². The predicted octanol–water partition coefficient (Wildman–Crippen LogP) is 12.6. The van der Waals surface area contributed by atoms with E-state index < -0.39 is 0 Å². The lowest BCUT2D eigenvalue weighted by molar-refractivity contribution is 1.07. The van der Waals surface area contributed by atoms with Gasteiger partial charge in [0.15, 0.2) is 17.5 Å². The number of benzene rings is 8. The molecule has 0 atom stereocenters. The van der Waals surface area contributed by atoms with Gasteiger partial charge in [-0.2, -0.15) is 0 Å². The number of rotatable bonds is 5. The maximum absolute atomic E-state index is 5.02. The Kier molecular flexibility index (Phi) is 6.92. The predicted molar refractivity (Wildman–Crippen MR) is 233 cm³/mol. The number of aromatic nitrogens is 5. The second kappa shape index (κ2) is 12.4. The van der Waals surface area contributed by atoms with E-state index in [1.165, 1.54) is 65.9 Å². The van der Waals surface area contributed by atoms with Crippen molar-refractivity contribution in [1.82, 2.24) is 24.1 Å². The zero-order valence-electron chi connectivity index (χ0n) is 30.8. The molecular formula is C52H33N5. The fourth-order valence-electron chi connectivity index (χ4n) is 9.03. The third kappa shape index (κ3) is 4.92. The summed E-state index contributed by atoms with van der Waals surface area (Å²) in [5, 5.41) is 4.99. The Labute approximate surface area is 328 Å². The van der Waals surface area contributed by atoms with Gasteiger partial charge in [0, 0.05) is 49.6 Å². The van der Waals surface area contributed by atoms with Crippen molar-refractivity contribution >= 4 is 43.6 Å². The van der Waals surface area contributed by atoms with Crippen molar-refractivity contribution < 1.29 is 0 Å². The van der Waals surface area contributed by atoms with E-state index in [1.807, 2.05) is 60.7 Å². The van der Waals surface area contributed by atoms with E-state index in [2.05, 4.69) is 137 Å². The second-order valence-corrected chi connectivity index (χ2v) is 14.8. The van der Waals surface area contributed by atoms with Gasteiger partial charge in [-0.25, -0.2) is 15.0 Å². The van der Waals surface area contributed by atoms with Gasteiger partial charge in [-0.05, 0) is 71.1 Å². The Morgan fingerprint density at radius 3 is 1.37 bits per heavy atom. The Morgan fingerprint density at radius 2 is 0.789 bits per heavy atom. The Balaban J connectivity index is 1.02. The molecule has 3 heterocycles. The lowest BCUT2D eigenvalue weighted by atomic mass is 10.0. The van der Waals surface area contributed by atoms with Crippen LogP contribution in [0, 0.1) is 0 Å². The van der Waals surface area contributed by atoms with E-state index in [0.29, 0.717) is 17.5 Å². The first kappa shape index (κ1) is 31.7. The first-order valence-corrected chi connectivity index (χ1v) is 19.4. The molecule has 11 aromatic rings. The molecule has 5 nitrogen and oxygen atoms in total. The second-order valence-electron chi connectivity index (χ2n) is 14.8. The molecule has 0 radical (unpaired) electrons. The molecule has 57 heavy (non-hydrogen) atoms. The molecule has 0 bridgehead atoms. The van der Waals surface area contributed by atoms with Crippen LogP contribution in [0.25, 0.3) is 100 Å². The number of hydrogen-bond donors (Lipinski definition) is 0. The van der Waals surface area contributed by atoms with E-state index in [0.717, 1.165) is 34.5 Å². The largest absolute Gasteiger partial charge is 0.307 e. The summed E-state index contributed by atoms with van der Waals surface area (Å²) in [7, 11) is 0. The third-order valence-corrected chi connectivity index (χ3v) is 11.6. The minimum absolute atomic E-state index is 0.666. The van der Waals surface area contributed by atoms with E-state index >= 15 is 0 Å².